The summed E-state index contributed by atoms with van der Waals surface area (Å²) in [5.74, 6) is -1.99. The molecule has 95 heavy (non-hydrogen) atoms. The predicted molar refractivity (Wildman–Crippen MR) is 410 cm³/mol. The van der Waals surface area contributed by atoms with Crippen molar-refractivity contribution in [1.82, 2.24) is 0 Å². The fourth-order valence-corrected chi connectivity index (χ4v) is 11.4. The number of allylic oxidation sites excluding steroid dienone is 18. The van der Waals surface area contributed by atoms with Crippen LogP contribution in [0.25, 0.3) is 0 Å². The van der Waals surface area contributed by atoms with E-state index >= 15 is 0 Å². The van der Waals surface area contributed by atoms with Gasteiger partial charge in [-0.1, -0.05) is 354 Å². The quantitative estimate of drug-likeness (QED) is 0.0211. The van der Waals surface area contributed by atoms with Gasteiger partial charge in [-0.15, -0.1) is 0 Å². The van der Waals surface area contributed by atoms with Crippen molar-refractivity contribution in [2.24, 2.45) is 0 Å². The molecule has 9 nitrogen and oxygen atoms in total. The first-order valence-corrected chi connectivity index (χ1v) is 40.1. The van der Waals surface area contributed by atoms with Crippen LogP contribution in [-0.2, 0) is 33.3 Å². The van der Waals surface area contributed by atoms with E-state index in [1.54, 1.807) is 0 Å². The van der Waals surface area contributed by atoms with Gasteiger partial charge in [0.2, 0.25) is 0 Å². The number of aliphatic carboxylic acids is 1. The van der Waals surface area contributed by atoms with E-state index in [1.165, 1.54) is 244 Å². The summed E-state index contributed by atoms with van der Waals surface area (Å²) < 4.78 is 23.1. The molecule has 0 aliphatic carbocycles. The number of nitrogens with zero attached hydrogens (tertiary/aromatic N) is 1. The number of carbonyl (C=O) groups is 3. The Morgan fingerprint density at radius 3 is 0.905 bits per heavy atom. The van der Waals surface area contributed by atoms with Gasteiger partial charge >= 0.3 is 17.9 Å². The second-order valence-corrected chi connectivity index (χ2v) is 28.0. The van der Waals surface area contributed by atoms with Crippen LogP contribution in [0.2, 0.25) is 0 Å². The fourth-order valence-electron chi connectivity index (χ4n) is 11.4. The molecular weight excluding hydrogens is 1170 g/mol. The van der Waals surface area contributed by atoms with Crippen molar-refractivity contribution in [3.8, 4) is 0 Å². The lowest BCUT2D eigenvalue weighted by atomic mass is 10.0. The topological polar surface area (TPSA) is 108 Å². The predicted octanol–water partition coefficient (Wildman–Crippen LogP) is 25.7. The first kappa shape index (κ1) is 91.0. The highest BCUT2D eigenvalue weighted by Crippen LogP contribution is 2.19. The van der Waals surface area contributed by atoms with Crippen LogP contribution in [0.15, 0.2) is 109 Å². The summed E-state index contributed by atoms with van der Waals surface area (Å²) in [5.41, 5.74) is 0. The maximum atomic E-state index is 13.0. The molecule has 0 radical (unpaired) electrons. The summed E-state index contributed by atoms with van der Waals surface area (Å²) in [7, 11) is 5.99. The molecule has 0 amide bonds. The second kappa shape index (κ2) is 75.7. The van der Waals surface area contributed by atoms with Crippen LogP contribution in [0.5, 0.6) is 0 Å². The van der Waals surface area contributed by atoms with Gasteiger partial charge in [0.05, 0.1) is 34.4 Å². The lowest BCUT2D eigenvalue weighted by Crippen LogP contribution is -2.40. The van der Waals surface area contributed by atoms with Gasteiger partial charge in [-0.25, -0.2) is 4.79 Å². The summed E-state index contributed by atoms with van der Waals surface area (Å²) in [6, 6.07) is 0. The van der Waals surface area contributed by atoms with Crippen LogP contribution < -0.4 is 0 Å². The maximum Gasteiger partial charge on any atom is 0.361 e. The standard InChI is InChI=1S/C86H151NO8/c1-6-8-10-12-14-16-18-20-22-24-26-28-30-32-34-36-38-39-40-41-42-43-44-45-47-49-51-53-55-57-59-61-63-65-67-69-71-73-75-77-84(89)95-82(81-94-86(85(90)91)92-79-78-87(3,4)5)80-93-83(88)76-74-72-70-68-66-64-62-60-58-56-54-52-50-48-46-37-35-33-31-29-27-25-23-21-19-17-15-13-11-9-7-2/h8,10,14,16,20,22,25-28,32,34,38-39,41-42,44-45,82,86H,6-7,9,11-13,15,17-19,21,23-24,29-31,33,35-37,40,43,46-81H2,1-5H3/p+1/b10-8-,16-14-,22-20-,27-25-,28-26-,34-32-,39-38-,42-41-,45-44-. The molecule has 0 bridgehead atoms. The Hall–Kier alpha value is -4.05. The summed E-state index contributed by atoms with van der Waals surface area (Å²) in [5, 5.41) is 9.77. The van der Waals surface area contributed by atoms with Crippen LogP contribution in [0.4, 0.5) is 0 Å². The lowest BCUT2D eigenvalue weighted by Gasteiger charge is -2.25. The number of carboxylic acid groups (broad SMARTS) is 1. The van der Waals surface area contributed by atoms with Crippen molar-refractivity contribution < 1.29 is 42.9 Å². The minimum atomic E-state index is -1.51. The Bertz CT molecular complexity index is 1930. The van der Waals surface area contributed by atoms with Crippen LogP contribution >= 0.6 is 0 Å². The average Bonchev–Trinajstić information content (AvgIpc) is 2.92. The Labute approximate surface area is 587 Å². The van der Waals surface area contributed by atoms with Crippen molar-refractivity contribution in [2.75, 3.05) is 47.5 Å². The highest BCUT2D eigenvalue weighted by atomic mass is 16.7. The van der Waals surface area contributed by atoms with Gasteiger partial charge in [-0.2, -0.15) is 0 Å². The third kappa shape index (κ3) is 77.2. The lowest BCUT2D eigenvalue weighted by molar-refractivity contribution is -0.870. The summed E-state index contributed by atoms with van der Waals surface area (Å²) in [4.78, 5) is 37.7. The molecule has 2 unspecified atom stereocenters. The van der Waals surface area contributed by atoms with Crippen molar-refractivity contribution in [1.29, 1.82) is 0 Å². The van der Waals surface area contributed by atoms with Crippen molar-refractivity contribution >= 4 is 17.9 Å². The molecule has 0 heterocycles. The molecule has 0 aromatic carbocycles. The van der Waals surface area contributed by atoms with E-state index in [4.69, 9.17) is 18.9 Å². The van der Waals surface area contributed by atoms with E-state index in [2.05, 4.69) is 123 Å². The number of quaternary nitrogens is 1. The normalized spacial score (nSPS) is 13.2. The first-order valence-electron chi connectivity index (χ1n) is 40.1. The van der Waals surface area contributed by atoms with E-state index in [0.717, 1.165) is 89.9 Å². The van der Waals surface area contributed by atoms with Gasteiger partial charge in [-0.3, -0.25) is 9.59 Å². The zero-order valence-electron chi connectivity index (χ0n) is 62.8. The SMILES string of the molecule is CC/C=C\C/C=C\C/C=C\C/C=C\C/C=C\C/C=C\C/C=C\C/C=C\CCCCCCCCCCCCCCCCC(=O)OC(COC(=O)CCCCCCCCCCCCCCCCCCCCC/C=C\CCCCCCCCCC)COC(OCC[N+](C)(C)C)C(=O)O. The number of likely N-dealkylation sites (N-methyl/N-ethyl adjacent to an activating group) is 1. The van der Waals surface area contributed by atoms with Crippen LogP contribution in [0.3, 0.4) is 0 Å². The van der Waals surface area contributed by atoms with Crippen molar-refractivity contribution in [3.05, 3.63) is 109 Å². The van der Waals surface area contributed by atoms with E-state index in [9.17, 15) is 19.5 Å². The Morgan fingerprint density at radius 1 is 0.326 bits per heavy atom. The molecule has 2 atom stereocenters. The third-order valence-corrected chi connectivity index (χ3v) is 17.5. The van der Waals surface area contributed by atoms with Crippen LogP contribution in [-0.4, -0.2) is 87.4 Å². The number of rotatable bonds is 74. The molecule has 0 aliphatic rings. The summed E-state index contributed by atoms with van der Waals surface area (Å²) >= 11 is 0. The number of carbonyl (C=O) groups excluding carboxylic acids is 2. The Morgan fingerprint density at radius 2 is 0.600 bits per heavy atom. The number of unbranched alkanes of at least 4 members (excludes halogenated alkanes) is 41. The summed E-state index contributed by atoms with van der Waals surface area (Å²) in [6.07, 6.45) is 104. The smallest absolute Gasteiger partial charge is 0.361 e. The Balaban J connectivity index is 4.04. The van der Waals surface area contributed by atoms with E-state index in [0.29, 0.717) is 17.4 Å². The maximum absolute atomic E-state index is 13.0. The molecule has 0 spiro atoms. The first-order chi connectivity index (χ1) is 46.6. The second-order valence-electron chi connectivity index (χ2n) is 28.0. The van der Waals surface area contributed by atoms with Gasteiger partial charge in [0.15, 0.2) is 6.10 Å². The van der Waals surface area contributed by atoms with E-state index in [-0.39, 0.29) is 32.2 Å². The number of esters is 2. The van der Waals surface area contributed by atoms with Crippen LogP contribution in [0.1, 0.15) is 361 Å². The fraction of sp³-hybridized carbons (Fsp3) is 0.756. The molecule has 0 aliphatic heterocycles. The van der Waals surface area contributed by atoms with E-state index in [1.807, 2.05) is 21.1 Å². The zero-order valence-corrected chi connectivity index (χ0v) is 62.8. The molecule has 1 N–H and O–H groups in total. The highest BCUT2D eigenvalue weighted by molar-refractivity contribution is 5.71. The third-order valence-electron chi connectivity index (χ3n) is 17.5. The molecule has 0 aromatic heterocycles. The molecule has 0 rings (SSSR count). The number of ether oxygens (including phenoxy) is 4. The number of hydrogen-bond acceptors (Lipinski definition) is 7. The van der Waals surface area contributed by atoms with Crippen molar-refractivity contribution in [3.63, 3.8) is 0 Å². The number of hydrogen-bond donors (Lipinski definition) is 1. The van der Waals surface area contributed by atoms with Gasteiger partial charge in [0, 0.05) is 12.8 Å². The molecule has 9 heteroatoms. The van der Waals surface area contributed by atoms with Gasteiger partial charge in [0.1, 0.15) is 13.2 Å². The van der Waals surface area contributed by atoms with Gasteiger partial charge < -0.3 is 28.5 Å². The molecular formula is C86H152NO8+. The average molecular weight is 1330 g/mol. The summed E-state index contributed by atoms with van der Waals surface area (Å²) in [6.45, 7) is 4.81. The monoisotopic (exact) mass is 1330 g/mol. The largest absolute Gasteiger partial charge is 0.477 e. The van der Waals surface area contributed by atoms with Gasteiger partial charge in [0.25, 0.3) is 6.29 Å². The minimum Gasteiger partial charge on any atom is -0.477 e. The molecule has 0 saturated carbocycles. The molecule has 0 fully saturated rings. The number of carboxylic acids is 1. The zero-order chi connectivity index (χ0) is 69.0. The molecule has 0 aromatic rings. The molecule has 0 saturated heterocycles. The molecule has 548 valence electrons. The Kier molecular flexibility index (Phi) is 72.5. The van der Waals surface area contributed by atoms with E-state index < -0.39 is 24.3 Å². The minimum absolute atomic E-state index is 0.182. The van der Waals surface area contributed by atoms with Crippen LogP contribution in [0, 0.1) is 0 Å². The van der Waals surface area contributed by atoms with Gasteiger partial charge in [-0.05, 0) is 103 Å². The highest BCUT2D eigenvalue weighted by Gasteiger charge is 2.25. The van der Waals surface area contributed by atoms with Crippen molar-refractivity contribution in [2.45, 2.75) is 373 Å².